The number of aliphatic hydroxyl groups is 1. The Hall–Kier alpha value is -1.30. The van der Waals surface area contributed by atoms with Crippen molar-refractivity contribution in [2.45, 2.75) is 25.3 Å². The van der Waals surface area contributed by atoms with Gasteiger partial charge in [-0.15, -0.1) is 0 Å². The number of rotatable bonds is 9. The summed E-state index contributed by atoms with van der Waals surface area (Å²) in [6, 6.07) is 5.89. The van der Waals surface area contributed by atoms with E-state index >= 15 is 0 Å². The molecule has 1 atom stereocenters. The zero-order valence-electron chi connectivity index (χ0n) is 12.6. The van der Waals surface area contributed by atoms with Gasteiger partial charge in [0.1, 0.15) is 0 Å². The lowest BCUT2D eigenvalue weighted by Crippen LogP contribution is -2.50. The topological polar surface area (TPSA) is 76.7 Å². The minimum Gasteiger partial charge on any atom is -0.493 e. The monoisotopic (exact) mass is 282 g/mol. The van der Waals surface area contributed by atoms with Crippen molar-refractivity contribution in [1.29, 1.82) is 0 Å². The Labute approximate surface area is 121 Å². The second kappa shape index (κ2) is 8.09. The lowest BCUT2D eigenvalue weighted by Gasteiger charge is -2.30. The fraction of sp³-hybridized carbons (Fsp3) is 0.600. The molecule has 5 heteroatoms. The number of hydrogen-bond acceptors (Lipinski definition) is 5. The molecule has 0 aromatic heterocycles. The Morgan fingerprint density at radius 3 is 2.50 bits per heavy atom. The number of nitrogens with one attached hydrogen (secondary N) is 1. The third-order valence-corrected chi connectivity index (χ3v) is 3.38. The lowest BCUT2D eigenvalue weighted by molar-refractivity contribution is 0.271. The Bertz CT molecular complexity index is 412. The van der Waals surface area contributed by atoms with Crippen molar-refractivity contribution in [1.82, 2.24) is 5.32 Å². The summed E-state index contributed by atoms with van der Waals surface area (Å²) < 4.78 is 10.5. The van der Waals surface area contributed by atoms with Crippen LogP contribution in [0.5, 0.6) is 11.5 Å². The van der Waals surface area contributed by atoms with Crippen LogP contribution in [-0.4, -0.2) is 44.6 Å². The normalized spacial score (nSPS) is 13.8. The summed E-state index contributed by atoms with van der Waals surface area (Å²) in [5.41, 5.74) is 6.81. The van der Waals surface area contributed by atoms with Crippen molar-refractivity contribution in [3.8, 4) is 11.5 Å². The van der Waals surface area contributed by atoms with Gasteiger partial charge in [0.2, 0.25) is 0 Å². The number of aliphatic hydroxyl groups excluding tert-OH is 1. The highest BCUT2D eigenvalue weighted by Gasteiger charge is 2.22. The number of methoxy groups -OCH3 is 2. The molecule has 1 aromatic carbocycles. The van der Waals surface area contributed by atoms with Crippen LogP contribution in [0, 0.1) is 0 Å². The van der Waals surface area contributed by atoms with Crippen molar-refractivity contribution in [3.63, 3.8) is 0 Å². The molecule has 0 heterocycles. The van der Waals surface area contributed by atoms with Gasteiger partial charge in [0.05, 0.1) is 14.2 Å². The molecule has 1 rings (SSSR count). The predicted octanol–water partition coefficient (Wildman–Crippen LogP) is 0.936. The maximum absolute atomic E-state index is 8.85. The van der Waals surface area contributed by atoms with Crippen LogP contribution in [0.3, 0.4) is 0 Å². The second-order valence-electron chi connectivity index (χ2n) is 5.13. The second-order valence-corrected chi connectivity index (χ2v) is 5.13. The molecule has 0 fully saturated rings. The van der Waals surface area contributed by atoms with Crippen molar-refractivity contribution >= 4 is 0 Å². The van der Waals surface area contributed by atoms with Crippen LogP contribution in [0.4, 0.5) is 0 Å². The maximum Gasteiger partial charge on any atom is 0.160 e. The fourth-order valence-electron chi connectivity index (χ4n) is 2.12. The SMILES string of the molecule is COc1ccc(CC(C)(CN)NCCCO)cc1OC. The third-order valence-electron chi connectivity index (χ3n) is 3.38. The van der Waals surface area contributed by atoms with Crippen LogP contribution < -0.4 is 20.5 Å². The molecule has 0 amide bonds. The van der Waals surface area contributed by atoms with Crippen LogP contribution in [0.2, 0.25) is 0 Å². The van der Waals surface area contributed by atoms with Gasteiger partial charge in [0.15, 0.2) is 11.5 Å². The van der Waals surface area contributed by atoms with Crippen molar-refractivity contribution in [2.24, 2.45) is 5.73 Å². The van der Waals surface area contributed by atoms with E-state index < -0.39 is 0 Å². The predicted molar refractivity (Wildman–Crippen MR) is 80.4 cm³/mol. The molecule has 0 saturated carbocycles. The summed E-state index contributed by atoms with van der Waals surface area (Å²) >= 11 is 0. The highest BCUT2D eigenvalue weighted by Crippen LogP contribution is 2.28. The van der Waals surface area contributed by atoms with E-state index in [-0.39, 0.29) is 12.1 Å². The van der Waals surface area contributed by atoms with E-state index in [2.05, 4.69) is 12.2 Å². The van der Waals surface area contributed by atoms with E-state index in [9.17, 15) is 0 Å². The summed E-state index contributed by atoms with van der Waals surface area (Å²) in [6.07, 6.45) is 1.51. The minimum absolute atomic E-state index is 0.185. The van der Waals surface area contributed by atoms with Gasteiger partial charge in [-0.3, -0.25) is 0 Å². The average molecular weight is 282 g/mol. The summed E-state index contributed by atoms with van der Waals surface area (Å²) in [7, 11) is 3.25. The quantitative estimate of drug-likeness (QED) is 0.588. The molecule has 4 N–H and O–H groups in total. The third kappa shape index (κ3) is 4.67. The molecule has 0 bridgehead atoms. The smallest absolute Gasteiger partial charge is 0.160 e. The fourth-order valence-corrected chi connectivity index (χ4v) is 2.12. The van der Waals surface area contributed by atoms with Crippen LogP contribution in [0.1, 0.15) is 18.9 Å². The van der Waals surface area contributed by atoms with Gasteiger partial charge in [-0.05, 0) is 44.0 Å². The van der Waals surface area contributed by atoms with E-state index in [0.717, 1.165) is 36.4 Å². The van der Waals surface area contributed by atoms with Crippen LogP contribution in [-0.2, 0) is 6.42 Å². The Kier molecular flexibility index (Phi) is 6.78. The van der Waals surface area contributed by atoms with Crippen molar-refractivity contribution in [2.75, 3.05) is 33.9 Å². The maximum atomic E-state index is 8.85. The van der Waals surface area contributed by atoms with Crippen LogP contribution in [0.25, 0.3) is 0 Å². The highest BCUT2D eigenvalue weighted by atomic mass is 16.5. The van der Waals surface area contributed by atoms with Crippen LogP contribution >= 0.6 is 0 Å². The van der Waals surface area contributed by atoms with Gasteiger partial charge in [0, 0.05) is 18.7 Å². The molecule has 5 nitrogen and oxygen atoms in total. The molecule has 0 saturated heterocycles. The standard InChI is InChI=1S/C15H26N2O3/c1-15(11-16,17-7-4-8-18)10-12-5-6-13(19-2)14(9-12)20-3/h5-6,9,17-18H,4,7-8,10-11,16H2,1-3H3. The summed E-state index contributed by atoms with van der Waals surface area (Å²) in [5.74, 6) is 1.44. The van der Waals surface area contributed by atoms with E-state index in [1.165, 1.54) is 0 Å². The minimum atomic E-state index is -0.200. The average Bonchev–Trinajstić information content (AvgIpc) is 2.47. The van der Waals surface area contributed by atoms with Gasteiger partial charge < -0.3 is 25.6 Å². The first-order chi connectivity index (χ1) is 9.58. The van der Waals surface area contributed by atoms with Gasteiger partial charge in [0.25, 0.3) is 0 Å². The lowest BCUT2D eigenvalue weighted by atomic mass is 9.92. The Morgan fingerprint density at radius 1 is 1.25 bits per heavy atom. The van der Waals surface area contributed by atoms with Gasteiger partial charge in [-0.2, -0.15) is 0 Å². The summed E-state index contributed by atoms with van der Waals surface area (Å²) in [5, 5.41) is 12.3. The molecule has 1 unspecified atom stereocenters. The van der Waals surface area contributed by atoms with Gasteiger partial charge in [-0.1, -0.05) is 6.07 Å². The molecule has 0 aliphatic carbocycles. The Morgan fingerprint density at radius 2 is 1.95 bits per heavy atom. The van der Waals surface area contributed by atoms with Crippen molar-refractivity contribution in [3.05, 3.63) is 23.8 Å². The first-order valence-electron chi connectivity index (χ1n) is 6.85. The zero-order chi connectivity index (χ0) is 15.0. The number of benzene rings is 1. The number of ether oxygens (including phenoxy) is 2. The molecule has 20 heavy (non-hydrogen) atoms. The summed E-state index contributed by atoms with van der Waals surface area (Å²) in [4.78, 5) is 0. The highest BCUT2D eigenvalue weighted by molar-refractivity contribution is 5.43. The summed E-state index contributed by atoms with van der Waals surface area (Å²) in [6.45, 7) is 3.54. The Balaban J connectivity index is 2.78. The number of hydrogen-bond donors (Lipinski definition) is 3. The molecular weight excluding hydrogens is 256 g/mol. The van der Waals surface area contributed by atoms with Crippen molar-refractivity contribution < 1.29 is 14.6 Å². The van der Waals surface area contributed by atoms with E-state index in [1.807, 2.05) is 18.2 Å². The first-order valence-corrected chi connectivity index (χ1v) is 6.85. The molecule has 1 aromatic rings. The molecule has 114 valence electrons. The first kappa shape index (κ1) is 16.8. The van der Waals surface area contributed by atoms with Gasteiger partial charge >= 0.3 is 0 Å². The largest absolute Gasteiger partial charge is 0.493 e. The molecule has 0 spiro atoms. The van der Waals surface area contributed by atoms with E-state index in [0.29, 0.717) is 6.54 Å². The van der Waals surface area contributed by atoms with E-state index in [1.54, 1.807) is 14.2 Å². The van der Waals surface area contributed by atoms with Gasteiger partial charge in [-0.25, -0.2) is 0 Å². The molecule has 0 aliphatic rings. The van der Waals surface area contributed by atoms with Crippen LogP contribution in [0.15, 0.2) is 18.2 Å². The molecule has 0 radical (unpaired) electrons. The number of nitrogens with two attached hydrogens (primary N) is 1. The molecular formula is C15H26N2O3. The molecule has 0 aliphatic heterocycles. The van der Waals surface area contributed by atoms with E-state index in [4.69, 9.17) is 20.3 Å². The zero-order valence-corrected chi connectivity index (χ0v) is 12.6.